The largest absolute Gasteiger partial charge is 0.378 e. The molecule has 0 aromatic carbocycles. The molecular formula is C14H20N2O2. The Morgan fingerprint density at radius 1 is 1.44 bits per heavy atom. The fourth-order valence-electron chi connectivity index (χ4n) is 2.73. The van der Waals surface area contributed by atoms with Crippen molar-refractivity contribution in [2.45, 2.75) is 31.3 Å². The zero-order chi connectivity index (χ0) is 12.4. The molecule has 0 spiro atoms. The van der Waals surface area contributed by atoms with Crippen LogP contribution in [0.15, 0.2) is 12.1 Å². The summed E-state index contributed by atoms with van der Waals surface area (Å²) in [7, 11) is 1.76. The van der Waals surface area contributed by atoms with E-state index in [1.54, 1.807) is 7.11 Å². The molecule has 0 radical (unpaired) electrons. The Morgan fingerprint density at radius 2 is 2.39 bits per heavy atom. The lowest BCUT2D eigenvalue weighted by molar-refractivity contribution is -0.00625. The van der Waals surface area contributed by atoms with Gasteiger partial charge >= 0.3 is 0 Å². The number of aryl methyl sites for hydroxylation is 2. The van der Waals surface area contributed by atoms with Crippen LogP contribution in [0, 0.1) is 0 Å². The molecule has 1 saturated heterocycles. The van der Waals surface area contributed by atoms with Crippen LogP contribution in [0.5, 0.6) is 0 Å². The van der Waals surface area contributed by atoms with Crippen molar-refractivity contribution in [1.82, 2.24) is 4.98 Å². The maximum Gasteiger partial charge on any atom is 0.126 e. The Kier molecular flexibility index (Phi) is 3.22. The topological polar surface area (TPSA) is 43.4 Å². The molecule has 1 unspecified atom stereocenters. The molecule has 2 heterocycles. The van der Waals surface area contributed by atoms with Gasteiger partial charge in [-0.3, -0.25) is 0 Å². The molecule has 3 rings (SSSR count). The maximum absolute atomic E-state index is 5.60. The molecule has 18 heavy (non-hydrogen) atoms. The first-order valence-electron chi connectivity index (χ1n) is 6.67. The fraction of sp³-hybridized carbons (Fsp3) is 0.643. The normalized spacial score (nSPS) is 26.3. The van der Waals surface area contributed by atoms with Gasteiger partial charge in [0, 0.05) is 32.4 Å². The van der Waals surface area contributed by atoms with E-state index in [9.17, 15) is 0 Å². The van der Waals surface area contributed by atoms with E-state index in [0.717, 1.165) is 31.8 Å². The second-order valence-corrected chi connectivity index (χ2v) is 5.20. The predicted molar refractivity (Wildman–Crippen MR) is 69.9 cm³/mol. The zero-order valence-electron chi connectivity index (χ0n) is 10.9. The van der Waals surface area contributed by atoms with Gasteiger partial charge in [-0.1, -0.05) is 6.07 Å². The molecule has 1 aromatic heterocycles. The number of nitrogens with zero attached hydrogens (tertiary/aromatic N) is 1. The van der Waals surface area contributed by atoms with Gasteiger partial charge in [0.05, 0.1) is 6.61 Å². The van der Waals surface area contributed by atoms with Gasteiger partial charge in [0.1, 0.15) is 11.4 Å². The van der Waals surface area contributed by atoms with Crippen molar-refractivity contribution in [1.29, 1.82) is 0 Å². The van der Waals surface area contributed by atoms with Crippen LogP contribution >= 0.6 is 0 Å². The minimum Gasteiger partial charge on any atom is -0.378 e. The fourth-order valence-corrected chi connectivity index (χ4v) is 2.73. The van der Waals surface area contributed by atoms with Gasteiger partial charge < -0.3 is 14.8 Å². The summed E-state index contributed by atoms with van der Waals surface area (Å²) in [5.41, 5.74) is 2.49. The number of pyridine rings is 1. The van der Waals surface area contributed by atoms with E-state index in [4.69, 9.17) is 9.47 Å². The molecule has 0 bridgehead atoms. The Hall–Kier alpha value is -1.13. The summed E-state index contributed by atoms with van der Waals surface area (Å²) in [6.07, 6.45) is 4.48. The number of hydrogen-bond acceptors (Lipinski definition) is 4. The highest BCUT2D eigenvalue weighted by molar-refractivity contribution is 5.40. The molecule has 0 saturated carbocycles. The lowest BCUT2D eigenvalue weighted by Crippen LogP contribution is -2.39. The van der Waals surface area contributed by atoms with Crippen molar-refractivity contribution in [3.05, 3.63) is 23.4 Å². The maximum atomic E-state index is 5.60. The Bertz CT molecular complexity index is 428. The summed E-state index contributed by atoms with van der Waals surface area (Å²) in [6.45, 7) is 2.21. The van der Waals surface area contributed by atoms with Crippen molar-refractivity contribution in [3.63, 3.8) is 0 Å². The van der Waals surface area contributed by atoms with Crippen molar-refractivity contribution in [2.24, 2.45) is 0 Å². The van der Waals surface area contributed by atoms with Crippen LogP contribution in [0.2, 0.25) is 0 Å². The van der Waals surface area contributed by atoms with Crippen molar-refractivity contribution >= 4 is 5.82 Å². The quantitative estimate of drug-likeness (QED) is 0.882. The van der Waals surface area contributed by atoms with Gasteiger partial charge in [-0.15, -0.1) is 0 Å². The summed E-state index contributed by atoms with van der Waals surface area (Å²) in [4.78, 5) is 4.67. The van der Waals surface area contributed by atoms with Gasteiger partial charge in [-0.2, -0.15) is 0 Å². The number of fused-ring (bicyclic) bond motifs is 1. The van der Waals surface area contributed by atoms with E-state index in [1.165, 1.54) is 24.1 Å². The summed E-state index contributed by atoms with van der Waals surface area (Å²) in [5.74, 6) is 0.957. The number of hydrogen-bond donors (Lipinski definition) is 1. The highest BCUT2D eigenvalue weighted by Gasteiger charge is 2.34. The molecule has 1 aromatic rings. The second kappa shape index (κ2) is 4.86. The molecule has 1 atom stereocenters. The van der Waals surface area contributed by atoms with E-state index in [2.05, 4.69) is 22.4 Å². The minimum atomic E-state index is -0.180. The number of methoxy groups -OCH3 is 1. The first-order chi connectivity index (χ1) is 8.81. The first kappa shape index (κ1) is 11.9. The molecular weight excluding hydrogens is 228 g/mol. The summed E-state index contributed by atoms with van der Waals surface area (Å²) in [6, 6.07) is 4.27. The third-order valence-electron chi connectivity index (χ3n) is 4.02. The number of ether oxygens (including phenoxy) is 2. The third kappa shape index (κ3) is 2.22. The molecule has 98 valence electrons. The highest BCUT2D eigenvalue weighted by Crippen LogP contribution is 2.25. The first-order valence-corrected chi connectivity index (χ1v) is 6.67. The van der Waals surface area contributed by atoms with E-state index in [-0.39, 0.29) is 5.60 Å². The molecule has 4 nitrogen and oxygen atoms in total. The van der Waals surface area contributed by atoms with Crippen LogP contribution in [0.25, 0.3) is 0 Å². The number of rotatable bonds is 4. The van der Waals surface area contributed by atoms with Crippen LogP contribution in [0.4, 0.5) is 5.82 Å². The predicted octanol–water partition coefficient (Wildman–Crippen LogP) is 1.79. The van der Waals surface area contributed by atoms with Crippen molar-refractivity contribution < 1.29 is 9.47 Å². The molecule has 2 aliphatic rings. The van der Waals surface area contributed by atoms with Gasteiger partial charge in [0.15, 0.2) is 0 Å². The van der Waals surface area contributed by atoms with Crippen LogP contribution in [0.1, 0.15) is 24.1 Å². The summed E-state index contributed by atoms with van der Waals surface area (Å²) < 4.78 is 11.0. The summed E-state index contributed by atoms with van der Waals surface area (Å²) in [5, 5.41) is 3.39. The molecule has 1 aliphatic heterocycles. The summed E-state index contributed by atoms with van der Waals surface area (Å²) >= 11 is 0. The smallest absolute Gasteiger partial charge is 0.126 e. The van der Waals surface area contributed by atoms with Crippen molar-refractivity contribution in [2.75, 3.05) is 32.2 Å². The molecule has 4 heteroatoms. The molecule has 1 aliphatic carbocycles. The average molecular weight is 248 g/mol. The standard InChI is InChI=1S/C14H20N2O2/c1-17-14(7-8-18-10-14)9-15-13-6-5-11-3-2-4-12(11)16-13/h5-6H,2-4,7-10H2,1H3,(H,15,16). The van der Waals surface area contributed by atoms with Gasteiger partial charge in [-0.25, -0.2) is 4.98 Å². The van der Waals surface area contributed by atoms with E-state index < -0.39 is 0 Å². The Morgan fingerprint density at radius 3 is 3.17 bits per heavy atom. The highest BCUT2D eigenvalue weighted by atomic mass is 16.5. The number of anilines is 1. The Labute approximate surface area is 108 Å². The van der Waals surface area contributed by atoms with E-state index >= 15 is 0 Å². The SMILES string of the molecule is COC1(CNc2ccc3c(n2)CCC3)CCOC1. The lowest BCUT2D eigenvalue weighted by atomic mass is 10.0. The zero-order valence-corrected chi connectivity index (χ0v) is 10.9. The Balaban J connectivity index is 1.66. The van der Waals surface area contributed by atoms with Crippen LogP contribution in [-0.2, 0) is 22.3 Å². The van der Waals surface area contributed by atoms with Gasteiger partial charge in [-0.05, 0) is 30.9 Å². The van der Waals surface area contributed by atoms with Gasteiger partial charge in [0.2, 0.25) is 0 Å². The number of aromatic nitrogens is 1. The average Bonchev–Trinajstić information content (AvgIpc) is 3.05. The van der Waals surface area contributed by atoms with E-state index in [0.29, 0.717) is 6.61 Å². The monoisotopic (exact) mass is 248 g/mol. The molecule has 0 amide bonds. The van der Waals surface area contributed by atoms with Gasteiger partial charge in [0.25, 0.3) is 0 Å². The van der Waals surface area contributed by atoms with Crippen LogP contribution < -0.4 is 5.32 Å². The van der Waals surface area contributed by atoms with E-state index in [1.807, 2.05) is 0 Å². The lowest BCUT2D eigenvalue weighted by Gasteiger charge is -2.26. The van der Waals surface area contributed by atoms with Crippen LogP contribution in [0.3, 0.4) is 0 Å². The molecule has 1 N–H and O–H groups in total. The molecule has 1 fully saturated rings. The minimum absolute atomic E-state index is 0.180. The number of nitrogens with one attached hydrogen (secondary N) is 1. The van der Waals surface area contributed by atoms with Crippen molar-refractivity contribution in [3.8, 4) is 0 Å². The van der Waals surface area contributed by atoms with Crippen LogP contribution in [-0.4, -0.2) is 37.5 Å². The third-order valence-corrected chi connectivity index (χ3v) is 4.02. The second-order valence-electron chi connectivity index (χ2n) is 5.20.